The highest BCUT2D eigenvalue weighted by molar-refractivity contribution is 5.80. The van der Waals surface area contributed by atoms with E-state index in [0.29, 0.717) is 0 Å². The second-order valence-electron chi connectivity index (χ2n) is 5.99. The highest BCUT2D eigenvalue weighted by atomic mass is 16.3. The predicted molar refractivity (Wildman–Crippen MR) is 95.6 cm³/mol. The normalized spacial score (nSPS) is 13.6. The molecule has 0 aliphatic carbocycles. The van der Waals surface area contributed by atoms with Gasteiger partial charge < -0.3 is 15.1 Å². The zero-order chi connectivity index (χ0) is 16.9. The van der Waals surface area contributed by atoms with Crippen molar-refractivity contribution in [2.24, 2.45) is 0 Å². The van der Waals surface area contributed by atoms with Crippen LogP contribution >= 0.6 is 0 Å². The lowest BCUT2D eigenvalue weighted by Gasteiger charge is -2.16. The Morgan fingerprint density at radius 3 is 2.46 bits per heavy atom. The predicted octanol–water partition coefficient (Wildman–Crippen LogP) is 3.96. The molecule has 0 fully saturated rings. The van der Waals surface area contributed by atoms with Crippen molar-refractivity contribution in [3.05, 3.63) is 72.0 Å². The molecule has 0 radical (unpaired) electrons. The molecule has 1 amide bonds. The molecule has 0 saturated heterocycles. The third-order valence-electron chi connectivity index (χ3n) is 4.12. The fourth-order valence-corrected chi connectivity index (χ4v) is 2.68. The van der Waals surface area contributed by atoms with Crippen LogP contribution in [0, 0.1) is 0 Å². The molecule has 2 aromatic carbocycles. The van der Waals surface area contributed by atoms with Crippen LogP contribution in [-0.2, 0) is 4.79 Å². The Balaban J connectivity index is 1.54. The van der Waals surface area contributed by atoms with E-state index >= 15 is 0 Å². The van der Waals surface area contributed by atoms with Gasteiger partial charge in [-0.2, -0.15) is 0 Å². The second kappa shape index (κ2) is 7.32. The summed E-state index contributed by atoms with van der Waals surface area (Å²) in [5.41, 5.74) is 2.00. The molecule has 0 aliphatic rings. The molecule has 24 heavy (non-hydrogen) atoms. The van der Waals surface area contributed by atoms with Gasteiger partial charge >= 0.3 is 0 Å². The van der Waals surface area contributed by atoms with Gasteiger partial charge in [0.25, 0.3) is 0 Å². The Kier molecular flexibility index (Phi) is 4.96. The minimum absolute atomic E-state index is 0.0502. The van der Waals surface area contributed by atoms with Gasteiger partial charge in [-0.1, -0.05) is 48.5 Å². The molecule has 0 aliphatic heterocycles. The zero-order valence-electron chi connectivity index (χ0n) is 14.0. The van der Waals surface area contributed by atoms with E-state index in [9.17, 15) is 4.79 Å². The second-order valence-corrected chi connectivity index (χ2v) is 5.99. The Morgan fingerprint density at radius 2 is 1.71 bits per heavy atom. The number of hydrogen-bond acceptors (Lipinski definition) is 3. The monoisotopic (exact) mass is 322 g/mol. The van der Waals surface area contributed by atoms with Crippen LogP contribution < -0.4 is 10.6 Å². The summed E-state index contributed by atoms with van der Waals surface area (Å²) in [5.74, 6) is 0.714. The number of rotatable bonds is 6. The van der Waals surface area contributed by atoms with Gasteiger partial charge in [0, 0.05) is 11.4 Å². The quantitative estimate of drug-likeness (QED) is 0.722. The number of carbonyl (C=O) groups is 1. The Bertz CT molecular complexity index is 778. The Morgan fingerprint density at radius 1 is 1.00 bits per heavy atom. The first kappa shape index (κ1) is 16.3. The molecule has 0 saturated carbocycles. The van der Waals surface area contributed by atoms with Crippen LogP contribution in [-0.4, -0.2) is 12.5 Å². The number of para-hydroxylation sites is 1. The standard InChI is InChI=1S/C20H22N2O2/c1-14(16-8-4-3-5-9-16)21-13-20(23)22-15(2)19-12-17-10-6-7-11-18(17)24-19/h3-12,14-15,21H,13H2,1-2H3,(H,22,23)/t14-,15-/m0/s1. The fraction of sp³-hybridized carbons (Fsp3) is 0.250. The molecular weight excluding hydrogens is 300 g/mol. The first-order chi connectivity index (χ1) is 11.6. The maximum Gasteiger partial charge on any atom is 0.234 e. The summed E-state index contributed by atoms with van der Waals surface area (Å²) < 4.78 is 5.79. The molecule has 2 atom stereocenters. The van der Waals surface area contributed by atoms with E-state index in [1.54, 1.807) is 0 Å². The molecule has 1 heterocycles. The van der Waals surface area contributed by atoms with Crippen molar-refractivity contribution < 1.29 is 9.21 Å². The van der Waals surface area contributed by atoms with Crippen molar-refractivity contribution >= 4 is 16.9 Å². The summed E-state index contributed by atoms with van der Waals surface area (Å²) in [6, 6.07) is 19.8. The highest BCUT2D eigenvalue weighted by Gasteiger charge is 2.14. The lowest BCUT2D eigenvalue weighted by atomic mass is 10.1. The first-order valence-corrected chi connectivity index (χ1v) is 8.19. The summed E-state index contributed by atoms with van der Waals surface area (Å²) in [6.07, 6.45) is 0. The Labute approximate surface area is 141 Å². The maximum atomic E-state index is 12.2. The molecule has 1 aromatic heterocycles. The van der Waals surface area contributed by atoms with E-state index < -0.39 is 0 Å². The number of furan rings is 1. The summed E-state index contributed by atoms with van der Waals surface area (Å²) in [4.78, 5) is 12.2. The number of benzene rings is 2. The van der Waals surface area contributed by atoms with Gasteiger partial charge in [0.15, 0.2) is 0 Å². The van der Waals surface area contributed by atoms with Crippen LogP contribution in [0.25, 0.3) is 11.0 Å². The van der Waals surface area contributed by atoms with Crippen molar-refractivity contribution in [3.63, 3.8) is 0 Å². The smallest absolute Gasteiger partial charge is 0.234 e. The summed E-state index contributed by atoms with van der Waals surface area (Å²) in [6.45, 7) is 4.24. The van der Waals surface area contributed by atoms with Gasteiger partial charge in [-0.3, -0.25) is 4.79 Å². The topological polar surface area (TPSA) is 54.3 Å². The number of amides is 1. The van der Waals surface area contributed by atoms with Crippen molar-refractivity contribution in [3.8, 4) is 0 Å². The first-order valence-electron chi connectivity index (χ1n) is 8.19. The largest absolute Gasteiger partial charge is 0.459 e. The van der Waals surface area contributed by atoms with Crippen LogP contribution in [0.15, 0.2) is 65.1 Å². The fourth-order valence-electron chi connectivity index (χ4n) is 2.68. The number of fused-ring (bicyclic) bond motifs is 1. The number of hydrogen-bond donors (Lipinski definition) is 2. The van der Waals surface area contributed by atoms with Gasteiger partial charge in [-0.05, 0) is 31.5 Å². The van der Waals surface area contributed by atoms with Crippen LogP contribution in [0.5, 0.6) is 0 Å². The minimum atomic E-state index is -0.168. The van der Waals surface area contributed by atoms with E-state index in [1.807, 2.05) is 74.5 Å². The van der Waals surface area contributed by atoms with E-state index in [0.717, 1.165) is 22.3 Å². The van der Waals surface area contributed by atoms with Crippen LogP contribution in [0.3, 0.4) is 0 Å². The maximum absolute atomic E-state index is 12.2. The number of nitrogens with one attached hydrogen (secondary N) is 2. The molecule has 3 aromatic rings. The SMILES string of the molecule is C[C@H](NCC(=O)N[C@@H](C)c1cc2ccccc2o1)c1ccccc1. The van der Waals surface area contributed by atoms with Crippen LogP contribution in [0.4, 0.5) is 0 Å². The molecule has 0 unspecified atom stereocenters. The van der Waals surface area contributed by atoms with Gasteiger partial charge in [0.05, 0.1) is 12.6 Å². The van der Waals surface area contributed by atoms with Crippen molar-refractivity contribution in [2.45, 2.75) is 25.9 Å². The number of carbonyl (C=O) groups excluding carboxylic acids is 1. The van der Waals surface area contributed by atoms with E-state index in [4.69, 9.17) is 4.42 Å². The minimum Gasteiger partial charge on any atom is -0.459 e. The molecule has 0 spiro atoms. The lowest BCUT2D eigenvalue weighted by Crippen LogP contribution is -2.36. The summed E-state index contributed by atoms with van der Waals surface area (Å²) in [7, 11) is 0. The van der Waals surface area contributed by atoms with Crippen molar-refractivity contribution in [1.29, 1.82) is 0 Å². The third kappa shape index (κ3) is 3.84. The third-order valence-corrected chi connectivity index (χ3v) is 4.12. The summed E-state index contributed by atoms with van der Waals surface area (Å²) >= 11 is 0. The average molecular weight is 322 g/mol. The molecule has 124 valence electrons. The molecule has 4 heteroatoms. The van der Waals surface area contributed by atoms with E-state index in [1.165, 1.54) is 0 Å². The molecular formula is C20H22N2O2. The van der Waals surface area contributed by atoms with E-state index in [-0.39, 0.29) is 24.5 Å². The zero-order valence-corrected chi connectivity index (χ0v) is 14.0. The van der Waals surface area contributed by atoms with Crippen molar-refractivity contribution in [1.82, 2.24) is 10.6 Å². The van der Waals surface area contributed by atoms with Gasteiger partial charge in [0.2, 0.25) is 5.91 Å². The molecule has 0 bridgehead atoms. The highest BCUT2D eigenvalue weighted by Crippen LogP contribution is 2.23. The van der Waals surface area contributed by atoms with Crippen LogP contribution in [0.1, 0.15) is 37.3 Å². The average Bonchev–Trinajstić information content (AvgIpc) is 3.05. The van der Waals surface area contributed by atoms with Gasteiger partial charge in [-0.25, -0.2) is 0 Å². The summed E-state index contributed by atoms with van der Waals surface area (Å²) in [5, 5.41) is 7.25. The van der Waals surface area contributed by atoms with Crippen LogP contribution in [0.2, 0.25) is 0 Å². The van der Waals surface area contributed by atoms with Gasteiger partial charge in [-0.15, -0.1) is 0 Å². The molecule has 3 rings (SSSR count). The van der Waals surface area contributed by atoms with Crippen molar-refractivity contribution in [2.75, 3.05) is 6.54 Å². The molecule has 4 nitrogen and oxygen atoms in total. The van der Waals surface area contributed by atoms with Gasteiger partial charge in [0.1, 0.15) is 11.3 Å². The van der Waals surface area contributed by atoms with E-state index in [2.05, 4.69) is 10.6 Å². The molecule has 2 N–H and O–H groups in total. The Hall–Kier alpha value is -2.59. The lowest BCUT2D eigenvalue weighted by molar-refractivity contribution is -0.121.